The average molecular weight is 581 g/mol. The molecule has 6 N–H and O–H groups in total. The van der Waals surface area contributed by atoms with Crippen LogP contribution < -0.4 is 0 Å². The number of fused-ring (bicyclic) bond motifs is 5. The number of carboxylic acid groups (broad SMARTS) is 1. The fourth-order valence-corrected chi connectivity index (χ4v) is 8.86. The van der Waals surface area contributed by atoms with E-state index in [-0.39, 0.29) is 43.8 Å². The minimum atomic E-state index is -1.53. The predicted molar refractivity (Wildman–Crippen MR) is 147 cm³/mol. The molecule has 0 saturated heterocycles. The first-order valence-electron chi connectivity index (χ1n) is 15.0. The van der Waals surface area contributed by atoms with Crippen LogP contribution in [0.15, 0.2) is 11.6 Å². The summed E-state index contributed by atoms with van der Waals surface area (Å²) in [5.41, 5.74) is -4.84. The molecule has 41 heavy (non-hydrogen) atoms. The third kappa shape index (κ3) is 5.51. The summed E-state index contributed by atoms with van der Waals surface area (Å²) < 4.78 is 5.53. The highest BCUT2D eigenvalue weighted by Gasteiger charge is 2.69. The highest BCUT2D eigenvalue weighted by atomic mass is 16.6. The first kappa shape index (κ1) is 32.1. The number of carbonyl (C=O) groups excluding carboxylic acids is 2. The normalized spacial score (nSPS) is 40.9. The molecule has 10 nitrogen and oxygen atoms in total. The van der Waals surface area contributed by atoms with Crippen LogP contribution in [0.2, 0.25) is 0 Å². The summed E-state index contributed by atoms with van der Waals surface area (Å²) in [7, 11) is 0. The SMILES string of the molecule is CC(C)(O)CC[C@@H](O)[C@](C)(O)C1CCC2(O)C3=CC(=O)[C@@H]4C[C@@H](O)[C@@H](OC(=O)CCC(=O)O)C[C@]4(C)[C@H]3CC[C@]12C. The Balaban J connectivity index is 1.60. The van der Waals surface area contributed by atoms with E-state index in [1.165, 1.54) is 0 Å². The number of carboxylic acids is 1. The van der Waals surface area contributed by atoms with Crippen molar-refractivity contribution in [1.29, 1.82) is 0 Å². The average Bonchev–Trinajstić information content (AvgIpc) is 3.14. The molecular weight excluding hydrogens is 532 g/mol. The summed E-state index contributed by atoms with van der Waals surface area (Å²) in [6, 6.07) is 0. The Hall–Kier alpha value is -1.85. The number of carbonyl (C=O) groups is 3. The smallest absolute Gasteiger partial charge is 0.306 e. The number of aliphatic hydroxyl groups is 5. The van der Waals surface area contributed by atoms with Crippen LogP contribution in [-0.4, -0.2) is 83.5 Å². The molecule has 4 rings (SSSR count). The summed E-state index contributed by atoms with van der Waals surface area (Å²) in [4.78, 5) is 36.8. The van der Waals surface area contributed by atoms with Gasteiger partial charge in [-0.25, -0.2) is 0 Å². The first-order chi connectivity index (χ1) is 18.8. The van der Waals surface area contributed by atoms with Gasteiger partial charge in [-0.3, -0.25) is 14.4 Å². The maximum atomic E-state index is 13.6. The Morgan fingerprint density at radius 1 is 1.10 bits per heavy atom. The Morgan fingerprint density at radius 2 is 1.76 bits per heavy atom. The number of aliphatic carboxylic acids is 1. The van der Waals surface area contributed by atoms with E-state index in [0.717, 1.165) is 0 Å². The van der Waals surface area contributed by atoms with Gasteiger partial charge in [0.2, 0.25) is 0 Å². The molecule has 0 aromatic rings. The minimum Gasteiger partial charge on any atom is -0.481 e. The van der Waals surface area contributed by atoms with Gasteiger partial charge in [0.05, 0.1) is 41.9 Å². The molecule has 2 unspecified atom stereocenters. The molecule has 0 heterocycles. The fraction of sp³-hybridized carbons (Fsp3) is 0.839. The van der Waals surface area contributed by atoms with Crippen LogP contribution in [-0.2, 0) is 19.1 Å². The number of ether oxygens (including phenoxy) is 1. The van der Waals surface area contributed by atoms with E-state index < -0.39 is 69.7 Å². The summed E-state index contributed by atoms with van der Waals surface area (Å²) in [6.07, 6.45) is 0.485. The second-order valence-corrected chi connectivity index (χ2v) is 14.5. The molecular formula is C31H48O10. The van der Waals surface area contributed by atoms with Gasteiger partial charge < -0.3 is 35.4 Å². The minimum absolute atomic E-state index is 0.104. The lowest BCUT2D eigenvalue weighted by molar-refractivity contribution is -0.184. The zero-order valence-electron chi connectivity index (χ0n) is 24.9. The Bertz CT molecular complexity index is 1090. The molecule has 0 radical (unpaired) electrons. The van der Waals surface area contributed by atoms with Crippen molar-refractivity contribution in [1.82, 2.24) is 0 Å². The van der Waals surface area contributed by atoms with Gasteiger partial charge in [0.15, 0.2) is 5.78 Å². The molecule has 0 bridgehead atoms. The molecule has 4 aliphatic rings. The maximum absolute atomic E-state index is 13.6. The number of allylic oxidation sites excluding steroid dienone is 1. The molecule has 4 aliphatic carbocycles. The van der Waals surface area contributed by atoms with E-state index in [1.807, 2.05) is 13.8 Å². The molecule has 0 aromatic carbocycles. The van der Waals surface area contributed by atoms with Crippen molar-refractivity contribution in [2.75, 3.05) is 0 Å². The topological polar surface area (TPSA) is 182 Å². The van der Waals surface area contributed by atoms with Crippen molar-refractivity contribution in [3.8, 4) is 0 Å². The van der Waals surface area contributed by atoms with Crippen LogP contribution in [0.4, 0.5) is 0 Å². The van der Waals surface area contributed by atoms with Crippen molar-refractivity contribution in [3.05, 3.63) is 11.6 Å². The van der Waals surface area contributed by atoms with E-state index in [1.54, 1.807) is 26.8 Å². The van der Waals surface area contributed by atoms with E-state index in [2.05, 4.69) is 0 Å². The van der Waals surface area contributed by atoms with E-state index in [9.17, 15) is 39.9 Å². The van der Waals surface area contributed by atoms with Crippen molar-refractivity contribution >= 4 is 17.7 Å². The zero-order chi connectivity index (χ0) is 30.8. The van der Waals surface area contributed by atoms with E-state index in [4.69, 9.17) is 9.84 Å². The monoisotopic (exact) mass is 580 g/mol. The maximum Gasteiger partial charge on any atom is 0.306 e. The number of hydrogen-bond acceptors (Lipinski definition) is 9. The van der Waals surface area contributed by atoms with Gasteiger partial charge in [-0.15, -0.1) is 0 Å². The van der Waals surface area contributed by atoms with Gasteiger partial charge in [-0.2, -0.15) is 0 Å². The molecule has 0 spiro atoms. The lowest BCUT2D eigenvalue weighted by Crippen LogP contribution is -2.63. The quantitative estimate of drug-likeness (QED) is 0.221. The molecule has 0 aromatic heterocycles. The van der Waals surface area contributed by atoms with Gasteiger partial charge in [0.25, 0.3) is 0 Å². The number of aliphatic hydroxyl groups excluding tert-OH is 2. The third-order valence-electron chi connectivity index (χ3n) is 11.3. The molecule has 3 fully saturated rings. The first-order valence-corrected chi connectivity index (χ1v) is 15.0. The van der Waals surface area contributed by atoms with Crippen LogP contribution in [0, 0.1) is 28.6 Å². The Labute approximate surface area is 241 Å². The van der Waals surface area contributed by atoms with Crippen molar-refractivity contribution in [2.45, 2.75) is 134 Å². The van der Waals surface area contributed by atoms with Crippen LogP contribution in [0.5, 0.6) is 0 Å². The summed E-state index contributed by atoms with van der Waals surface area (Å²) >= 11 is 0. The summed E-state index contributed by atoms with van der Waals surface area (Å²) in [6.45, 7) is 8.77. The molecule has 3 saturated carbocycles. The molecule has 0 amide bonds. The number of ketones is 1. The van der Waals surface area contributed by atoms with Gasteiger partial charge in [-0.05, 0) is 101 Å². The fourth-order valence-electron chi connectivity index (χ4n) is 8.86. The number of esters is 1. The Morgan fingerprint density at radius 3 is 2.37 bits per heavy atom. The van der Waals surface area contributed by atoms with Crippen LogP contribution in [0.25, 0.3) is 0 Å². The largest absolute Gasteiger partial charge is 0.481 e. The van der Waals surface area contributed by atoms with Crippen molar-refractivity contribution < 1.29 is 49.8 Å². The van der Waals surface area contributed by atoms with E-state index in [0.29, 0.717) is 37.7 Å². The standard InChI is InChI=1S/C31H48O10/c1-27(2,38)11-10-24(34)30(5,39)23-9-13-31(40)18-14-20(32)19-15-21(33)22(41-26(37)7-6-25(35)36)16-28(19,3)17(18)8-12-29(23,31)4/h14,17,19,21-24,33-34,38-40H,6-13,15-16H2,1-5H3,(H,35,36)/t17-,19-,21+,22-,23?,24+,28+,29+,30+,31?/m0/s1. The second-order valence-electron chi connectivity index (χ2n) is 14.5. The van der Waals surface area contributed by atoms with Gasteiger partial charge in [0, 0.05) is 11.3 Å². The Kier molecular flexibility index (Phi) is 8.37. The summed E-state index contributed by atoms with van der Waals surface area (Å²) in [5, 5.41) is 64.9. The van der Waals surface area contributed by atoms with Gasteiger partial charge >= 0.3 is 11.9 Å². The summed E-state index contributed by atoms with van der Waals surface area (Å²) in [5.74, 6) is -3.22. The van der Waals surface area contributed by atoms with Crippen molar-refractivity contribution in [3.63, 3.8) is 0 Å². The number of rotatable bonds is 9. The van der Waals surface area contributed by atoms with Crippen LogP contribution in [0.3, 0.4) is 0 Å². The molecule has 10 heteroatoms. The van der Waals surface area contributed by atoms with Gasteiger partial charge in [-0.1, -0.05) is 13.8 Å². The zero-order valence-corrected chi connectivity index (χ0v) is 24.9. The lowest BCUT2D eigenvalue weighted by Gasteiger charge is -2.60. The number of hydrogen-bond donors (Lipinski definition) is 6. The predicted octanol–water partition coefficient (Wildman–Crippen LogP) is 2.27. The molecule has 232 valence electrons. The van der Waals surface area contributed by atoms with Crippen LogP contribution >= 0.6 is 0 Å². The molecule has 0 aliphatic heterocycles. The van der Waals surface area contributed by atoms with Crippen molar-refractivity contribution in [2.24, 2.45) is 28.6 Å². The highest BCUT2D eigenvalue weighted by molar-refractivity contribution is 5.95. The highest BCUT2D eigenvalue weighted by Crippen LogP contribution is 2.68. The molecule has 10 atom stereocenters. The lowest BCUT2D eigenvalue weighted by atomic mass is 9.45. The second kappa shape index (κ2) is 10.7. The van der Waals surface area contributed by atoms with Crippen LogP contribution in [0.1, 0.15) is 98.8 Å². The van der Waals surface area contributed by atoms with Gasteiger partial charge in [0.1, 0.15) is 6.10 Å². The third-order valence-corrected chi connectivity index (χ3v) is 11.3. The van der Waals surface area contributed by atoms with E-state index >= 15 is 0 Å².